The van der Waals surface area contributed by atoms with Crippen LogP contribution in [0, 0.1) is 6.92 Å². The Morgan fingerprint density at radius 1 is 1.40 bits per heavy atom. The Morgan fingerprint density at radius 2 is 2.13 bits per heavy atom. The molecule has 3 heteroatoms. The van der Waals surface area contributed by atoms with Gasteiger partial charge in [-0.05, 0) is 38.5 Å². The number of aromatic nitrogens is 1. The highest BCUT2D eigenvalue weighted by Crippen LogP contribution is 2.25. The Morgan fingerprint density at radius 3 is 2.80 bits per heavy atom. The number of hydrogen-bond acceptors (Lipinski definition) is 3. The van der Waals surface area contributed by atoms with Gasteiger partial charge in [0.25, 0.3) is 0 Å². The second kappa shape index (κ2) is 3.58. The number of hydrogen-bond donors (Lipinski definition) is 1. The molecule has 0 spiro atoms. The number of nitrogens with zero attached hydrogens (tertiary/aromatic N) is 1. The number of rotatable bonds is 2. The van der Waals surface area contributed by atoms with Crippen molar-refractivity contribution in [3.05, 3.63) is 28.8 Å². The largest absolute Gasteiger partial charge is 0.325 e. The van der Waals surface area contributed by atoms with E-state index in [2.05, 4.69) is 30.1 Å². The van der Waals surface area contributed by atoms with Gasteiger partial charge >= 0.3 is 0 Å². The molecule has 1 heterocycles. The normalized spacial score (nSPS) is 12.3. The van der Waals surface area contributed by atoms with Gasteiger partial charge in [0.1, 0.15) is 0 Å². The standard InChI is InChI=1S/C12H16N2S/c1-8-4-5-9-10(6-8)15-11(14-9)7-12(2,3)13/h4-6H,7,13H2,1-3H3. The van der Waals surface area contributed by atoms with Gasteiger partial charge in [0.15, 0.2) is 0 Å². The molecule has 0 radical (unpaired) electrons. The number of benzene rings is 1. The molecule has 0 bridgehead atoms. The molecule has 2 rings (SSSR count). The van der Waals surface area contributed by atoms with Gasteiger partial charge in [-0.2, -0.15) is 0 Å². The maximum absolute atomic E-state index is 5.99. The number of nitrogens with two attached hydrogens (primary N) is 1. The average molecular weight is 220 g/mol. The first kappa shape index (κ1) is 10.6. The van der Waals surface area contributed by atoms with Crippen molar-refractivity contribution in [2.45, 2.75) is 32.7 Å². The SMILES string of the molecule is Cc1ccc2nc(CC(C)(C)N)sc2c1. The van der Waals surface area contributed by atoms with Gasteiger partial charge in [-0.25, -0.2) is 4.98 Å². The van der Waals surface area contributed by atoms with E-state index in [9.17, 15) is 0 Å². The van der Waals surface area contributed by atoms with Gasteiger partial charge in [0.05, 0.1) is 15.2 Å². The minimum Gasteiger partial charge on any atom is -0.325 e. The first-order valence-electron chi connectivity index (χ1n) is 5.09. The van der Waals surface area contributed by atoms with E-state index < -0.39 is 0 Å². The van der Waals surface area contributed by atoms with Crippen molar-refractivity contribution in [2.75, 3.05) is 0 Å². The fourth-order valence-electron chi connectivity index (χ4n) is 1.54. The third kappa shape index (κ3) is 2.55. The Kier molecular flexibility index (Phi) is 2.52. The van der Waals surface area contributed by atoms with Crippen molar-refractivity contribution in [2.24, 2.45) is 5.73 Å². The lowest BCUT2D eigenvalue weighted by Gasteiger charge is -2.15. The monoisotopic (exact) mass is 220 g/mol. The summed E-state index contributed by atoms with van der Waals surface area (Å²) in [4.78, 5) is 4.58. The Balaban J connectivity index is 2.39. The molecular weight excluding hydrogens is 204 g/mol. The summed E-state index contributed by atoms with van der Waals surface area (Å²) in [6, 6.07) is 6.35. The molecule has 0 aliphatic rings. The van der Waals surface area contributed by atoms with Crippen molar-refractivity contribution < 1.29 is 0 Å². The van der Waals surface area contributed by atoms with E-state index in [1.807, 2.05) is 13.8 Å². The molecule has 80 valence electrons. The Labute approximate surface area is 94.1 Å². The lowest BCUT2D eigenvalue weighted by molar-refractivity contribution is 0.516. The molecule has 2 N–H and O–H groups in total. The van der Waals surface area contributed by atoms with Gasteiger partial charge in [0.2, 0.25) is 0 Å². The molecular formula is C12H16N2S. The Hall–Kier alpha value is -0.930. The molecule has 0 aliphatic heterocycles. The van der Waals surface area contributed by atoms with E-state index in [0.29, 0.717) is 0 Å². The van der Waals surface area contributed by atoms with Gasteiger partial charge < -0.3 is 5.73 Å². The molecule has 0 unspecified atom stereocenters. The summed E-state index contributed by atoms with van der Waals surface area (Å²) in [6.07, 6.45) is 0.839. The van der Waals surface area contributed by atoms with Crippen molar-refractivity contribution in [3.8, 4) is 0 Å². The lowest BCUT2D eigenvalue weighted by Crippen LogP contribution is -2.34. The van der Waals surface area contributed by atoms with Crippen LogP contribution in [0.4, 0.5) is 0 Å². The van der Waals surface area contributed by atoms with Gasteiger partial charge in [-0.15, -0.1) is 11.3 Å². The van der Waals surface area contributed by atoms with Crippen LogP contribution in [-0.4, -0.2) is 10.5 Å². The minimum atomic E-state index is -0.178. The summed E-state index contributed by atoms with van der Waals surface area (Å²) in [5.41, 5.74) is 8.18. The van der Waals surface area contributed by atoms with Crippen LogP contribution < -0.4 is 5.73 Å². The van der Waals surface area contributed by atoms with Crippen LogP contribution in [0.2, 0.25) is 0 Å². The number of fused-ring (bicyclic) bond motifs is 1. The van der Waals surface area contributed by atoms with E-state index in [1.54, 1.807) is 11.3 Å². The quantitative estimate of drug-likeness (QED) is 0.845. The number of aryl methyl sites for hydroxylation is 1. The molecule has 0 saturated carbocycles. The zero-order valence-corrected chi connectivity index (χ0v) is 10.2. The highest BCUT2D eigenvalue weighted by Gasteiger charge is 2.14. The lowest BCUT2D eigenvalue weighted by atomic mass is 10.0. The fourth-order valence-corrected chi connectivity index (χ4v) is 2.85. The molecule has 2 aromatic rings. The molecule has 2 nitrogen and oxygen atoms in total. The molecule has 0 amide bonds. The summed E-state index contributed by atoms with van der Waals surface area (Å²) < 4.78 is 1.26. The zero-order chi connectivity index (χ0) is 11.1. The highest BCUT2D eigenvalue weighted by molar-refractivity contribution is 7.18. The van der Waals surface area contributed by atoms with Gasteiger partial charge in [-0.3, -0.25) is 0 Å². The van der Waals surface area contributed by atoms with Crippen molar-refractivity contribution >= 4 is 21.6 Å². The average Bonchev–Trinajstić information content (AvgIpc) is 2.42. The topological polar surface area (TPSA) is 38.9 Å². The van der Waals surface area contributed by atoms with Crippen LogP contribution >= 0.6 is 11.3 Å². The predicted octanol–water partition coefficient (Wildman–Crippen LogP) is 2.88. The third-order valence-electron chi connectivity index (χ3n) is 2.20. The Bertz CT molecular complexity index is 480. The third-order valence-corrected chi connectivity index (χ3v) is 3.21. The van der Waals surface area contributed by atoms with Crippen LogP contribution in [-0.2, 0) is 6.42 Å². The first-order chi connectivity index (χ1) is 6.94. The van der Waals surface area contributed by atoms with E-state index in [0.717, 1.165) is 16.9 Å². The smallest absolute Gasteiger partial charge is 0.0956 e. The van der Waals surface area contributed by atoms with Crippen molar-refractivity contribution in [3.63, 3.8) is 0 Å². The summed E-state index contributed by atoms with van der Waals surface area (Å²) in [7, 11) is 0. The summed E-state index contributed by atoms with van der Waals surface area (Å²) >= 11 is 1.75. The van der Waals surface area contributed by atoms with Crippen LogP contribution in [0.5, 0.6) is 0 Å². The van der Waals surface area contributed by atoms with Crippen LogP contribution in [0.1, 0.15) is 24.4 Å². The maximum atomic E-state index is 5.99. The van der Waals surface area contributed by atoms with Gasteiger partial charge in [-0.1, -0.05) is 6.07 Å². The molecule has 15 heavy (non-hydrogen) atoms. The fraction of sp³-hybridized carbons (Fsp3) is 0.417. The summed E-state index contributed by atoms with van der Waals surface area (Å²) in [6.45, 7) is 6.17. The predicted molar refractivity (Wildman–Crippen MR) is 66.3 cm³/mol. The minimum absolute atomic E-state index is 0.178. The van der Waals surface area contributed by atoms with E-state index >= 15 is 0 Å². The molecule has 1 aromatic heterocycles. The van der Waals surface area contributed by atoms with Gasteiger partial charge in [0, 0.05) is 12.0 Å². The maximum Gasteiger partial charge on any atom is 0.0956 e. The molecule has 0 fully saturated rings. The molecule has 1 aromatic carbocycles. The second-order valence-corrected chi connectivity index (χ2v) is 5.86. The van der Waals surface area contributed by atoms with Crippen LogP contribution in [0.15, 0.2) is 18.2 Å². The second-order valence-electron chi connectivity index (χ2n) is 4.74. The molecule has 0 aliphatic carbocycles. The van der Waals surface area contributed by atoms with E-state index in [4.69, 9.17) is 5.73 Å². The zero-order valence-electron chi connectivity index (χ0n) is 9.37. The molecule has 0 atom stereocenters. The highest BCUT2D eigenvalue weighted by atomic mass is 32.1. The summed E-state index contributed by atoms with van der Waals surface area (Å²) in [5, 5.41) is 1.13. The van der Waals surface area contributed by atoms with Crippen molar-refractivity contribution in [1.29, 1.82) is 0 Å². The van der Waals surface area contributed by atoms with Crippen molar-refractivity contribution in [1.82, 2.24) is 4.98 Å². The molecule has 0 saturated heterocycles. The van der Waals surface area contributed by atoms with E-state index in [-0.39, 0.29) is 5.54 Å². The van der Waals surface area contributed by atoms with Crippen LogP contribution in [0.3, 0.4) is 0 Å². The summed E-state index contributed by atoms with van der Waals surface area (Å²) in [5.74, 6) is 0. The number of thiazole rings is 1. The van der Waals surface area contributed by atoms with E-state index in [1.165, 1.54) is 10.3 Å². The van der Waals surface area contributed by atoms with Crippen LogP contribution in [0.25, 0.3) is 10.2 Å². The first-order valence-corrected chi connectivity index (χ1v) is 5.91.